The second-order valence-corrected chi connectivity index (χ2v) is 5.68. The van der Waals surface area contributed by atoms with Crippen LogP contribution in [0, 0.1) is 0 Å². The molecular formula is C17H26N2O3. The maximum atomic E-state index is 12.3. The van der Waals surface area contributed by atoms with Gasteiger partial charge in [-0.1, -0.05) is 6.92 Å². The maximum absolute atomic E-state index is 12.3. The van der Waals surface area contributed by atoms with Crippen LogP contribution in [0.2, 0.25) is 0 Å². The maximum Gasteiger partial charge on any atom is 0.222 e. The topological polar surface area (TPSA) is 50.8 Å². The average molecular weight is 306 g/mol. The first-order valence-corrected chi connectivity index (χ1v) is 7.86. The summed E-state index contributed by atoms with van der Waals surface area (Å²) in [5.41, 5.74) is 1.09. The Morgan fingerprint density at radius 2 is 2.00 bits per heavy atom. The van der Waals surface area contributed by atoms with Gasteiger partial charge in [-0.15, -0.1) is 0 Å². The third-order valence-electron chi connectivity index (χ3n) is 4.23. The van der Waals surface area contributed by atoms with E-state index in [9.17, 15) is 4.79 Å². The molecule has 1 fully saturated rings. The summed E-state index contributed by atoms with van der Waals surface area (Å²) < 4.78 is 10.7. The van der Waals surface area contributed by atoms with Crippen LogP contribution < -0.4 is 14.8 Å². The number of carbonyl (C=O) groups excluding carboxylic acids is 1. The van der Waals surface area contributed by atoms with Gasteiger partial charge in [0.25, 0.3) is 0 Å². The van der Waals surface area contributed by atoms with Crippen molar-refractivity contribution in [3.05, 3.63) is 23.8 Å². The molecule has 1 aliphatic heterocycles. The van der Waals surface area contributed by atoms with E-state index < -0.39 is 0 Å². The van der Waals surface area contributed by atoms with Gasteiger partial charge in [-0.05, 0) is 30.5 Å². The molecule has 1 atom stereocenters. The summed E-state index contributed by atoms with van der Waals surface area (Å²) in [6.45, 7) is 5.55. The fourth-order valence-corrected chi connectivity index (χ4v) is 2.79. The van der Waals surface area contributed by atoms with E-state index in [1.807, 2.05) is 23.1 Å². The first kappa shape index (κ1) is 16.6. The number of amides is 1. The van der Waals surface area contributed by atoms with Gasteiger partial charge in [0.1, 0.15) is 11.5 Å². The van der Waals surface area contributed by atoms with Crippen molar-refractivity contribution in [2.75, 3.05) is 40.4 Å². The number of methoxy groups -OCH3 is 2. The summed E-state index contributed by atoms with van der Waals surface area (Å²) in [4.78, 5) is 14.2. The van der Waals surface area contributed by atoms with E-state index in [1.165, 1.54) is 0 Å². The van der Waals surface area contributed by atoms with Crippen LogP contribution in [0.4, 0.5) is 0 Å². The van der Waals surface area contributed by atoms with E-state index >= 15 is 0 Å². The summed E-state index contributed by atoms with van der Waals surface area (Å²) >= 11 is 0. The van der Waals surface area contributed by atoms with Crippen LogP contribution >= 0.6 is 0 Å². The standard InChI is InChI=1S/C17H26N2O3/c1-13(4-7-17(20)19-10-8-18-9-11-19)15-12-14(21-2)5-6-16(15)22-3/h5-6,12-13,18H,4,7-11H2,1-3H3. The first-order chi connectivity index (χ1) is 10.7. The van der Waals surface area contributed by atoms with E-state index in [-0.39, 0.29) is 11.8 Å². The minimum atomic E-state index is 0.246. The third-order valence-corrected chi connectivity index (χ3v) is 4.23. The summed E-state index contributed by atoms with van der Waals surface area (Å²) in [5, 5.41) is 3.26. The lowest BCUT2D eigenvalue weighted by atomic mass is 9.94. The lowest BCUT2D eigenvalue weighted by molar-refractivity contribution is -0.131. The van der Waals surface area contributed by atoms with Gasteiger partial charge in [0.15, 0.2) is 0 Å². The van der Waals surface area contributed by atoms with Gasteiger partial charge in [0.2, 0.25) is 5.91 Å². The van der Waals surface area contributed by atoms with Crippen LogP contribution in [-0.2, 0) is 4.79 Å². The number of benzene rings is 1. The Hall–Kier alpha value is -1.75. The van der Waals surface area contributed by atoms with Gasteiger partial charge in [0, 0.05) is 38.2 Å². The summed E-state index contributed by atoms with van der Waals surface area (Å²) in [6, 6.07) is 5.81. The fraction of sp³-hybridized carbons (Fsp3) is 0.588. The monoisotopic (exact) mass is 306 g/mol. The van der Waals surface area contributed by atoms with E-state index in [0.717, 1.165) is 49.7 Å². The average Bonchev–Trinajstić information content (AvgIpc) is 2.59. The Morgan fingerprint density at radius 1 is 1.27 bits per heavy atom. The highest BCUT2D eigenvalue weighted by Gasteiger charge is 2.19. The molecule has 0 saturated carbocycles. The number of carbonyl (C=O) groups is 1. The highest BCUT2D eigenvalue weighted by molar-refractivity contribution is 5.76. The number of nitrogens with zero attached hydrogens (tertiary/aromatic N) is 1. The highest BCUT2D eigenvalue weighted by Crippen LogP contribution is 2.32. The van der Waals surface area contributed by atoms with Gasteiger partial charge < -0.3 is 19.7 Å². The fourth-order valence-electron chi connectivity index (χ4n) is 2.79. The Kier molecular flexibility index (Phi) is 6.07. The quantitative estimate of drug-likeness (QED) is 0.873. The van der Waals surface area contributed by atoms with Crippen molar-refractivity contribution in [1.29, 1.82) is 0 Å². The number of hydrogen-bond donors (Lipinski definition) is 1. The van der Waals surface area contributed by atoms with Gasteiger partial charge in [-0.2, -0.15) is 0 Å². The van der Waals surface area contributed by atoms with E-state index in [4.69, 9.17) is 9.47 Å². The zero-order chi connectivity index (χ0) is 15.9. The molecule has 0 bridgehead atoms. The van der Waals surface area contributed by atoms with Crippen LogP contribution in [0.25, 0.3) is 0 Å². The molecule has 0 aromatic heterocycles. The number of nitrogens with one attached hydrogen (secondary N) is 1. The lowest BCUT2D eigenvalue weighted by Gasteiger charge is -2.28. The molecule has 0 spiro atoms. The molecule has 1 unspecified atom stereocenters. The third kappa shape index (κ3) is 4.13. The Labute approximate surface area is 132 Å². The molecule has 0 radical (unpaired) electrons. The van der Waals surface area contributed by atoms with Crippen LogP contribution in [-0.4, -0.2) is 51.2 Å². The van der Waals surface area contributed by atoms with E-state index in [1.54, 1.807) is 14.2 Å². The molecule has 5 nitrogen and oxygen atoms in total. The molecule has 5 heteroatoms. The molecule has 1 amide bonds. The molecule has 1 aromatic rings. The Morgan fingerprint density at radius 3 is 2.64 bits per heavy atom. The van der Waals surface area contributed by atoms with Crippen LogP contribution in [0.3, 0.4) is 0 Å². The molecule has 0 aliphatic carbocycles. The smallest absolute Gasteiger partial charge is 0.222 e. The largest absolute Gasteiger partial charge is 0.497 e. The molecule has 1 aromatic carbocycles. The van der Waals surface area contributed by atoms with Crippen LogP contribution in [0.1, 0.15) is 31.2 Å². The van der Waals surface area contributed by atoms with E-state index in [2.05, 4.69) is 12.2 Å². The molecule has 1 N–H and O–H groups in total. The van der Waals surface area contributed by atoms with Crippen molar-refractivity contribution in [2.45, 2.75) is 25.7 Å². The predicted octanol–water partition coefficient (Wildman–Crippen LogP) is 2.02. The Bertz CT molecular complexity index is 499. The zero-order valence-electron chi connectivity index (χ0n) is 13.7. The number of ether oxygens (including phenoxy) is 2. The van der Waals surface area contributed by atoms with Crippen molar-refractivity contribution in [2.24, 2.45) is 0 Å². The minimum absolute atomic E-state index is 0.246. The molecule has 1 heterocycles. The second-order valence-electron chi connectivity index (χ2n) is 5.68. The molecule has 22 heavy (non-hydrogen) atoms. The molecular weight excluding hydrogens is 280 g/mol. The summed E-state index contributed by atoms with van der Waals surface area (Å²) in [6.07, 6.45) is 1.38. The van der Waals surface area contributed by atoms with Crippen LogP contribution in [0.5, 0.6) is 11.5 Å². The second kappa shape index (κ2) is 8.03. The van der Waals surface area contributed by atoms with Gasteiger partial charge in [-0.3, -0.25) is 4.79 Å². The van der Waals surface area contributed by atoms with Crippen molar-refractivity contribution in [3.8, 4) is 11.5 Å². The van der Waals surface area contributed by atoms with Gasteiger partial charge in [0.05, 0.1) is 14.2 Å². The van der Waals surface area contributed by atoms with Crippen molar-refractivity contribution in [3.63, 3.8) is 0 Å². The van der Waals surface area contributed by atoms with Crippen LogP contribution in [0.15, 0.2) is 18.2 Å². The number of hydrogen-bond acceptors (Lipinski definition) is 4. The van der Waals surface area contributed by atoms with Crippen molar-refractivity contribution < 1.29 is 14.3 Å². The highest BCUT2D eigenvalue weighted by atomic mass is 16.5. The minimum Gasteiger partial charge on any atom is -0.497 e. The van der Waals surface area contributed by atoms with Crippen molar-refractivity contribution in [1.82, 2.24) is 10.2 Å². The molecule has 1 aliphatic rings. The SMILES string of the molecule is COc1ccc(OC)c(C(C)CCC(=O)N2CCNCC2)c1. The number of piperazine rings is 1. The van der Waals surface area contributed by atoms with Gasteiger partial charge in [-0.25, -0.2) is 0 Å². The van der Waals surface area contributed by atoms with E-state index in [0.29, 0.717) is 6.42 Å². The summed E-state index contributed by atoms with van der Waals surface area (Å²) in [5.74, 6) is 2.16. The zero-order valence-corrected chi connectivity index (χ0v) is 13.7. The predicted molar refractivity (Wildman–Crippen MR) is 86.6 cm³/mol. The molecule has 2 rings (SSSR count). The van der Waals surface area contributed by atoms with Gasteiger partial charge >= 0.3 is 0 Å². The lowest BCUT2D eigenvalue weighted by Crippen LogP contribution is -2.46. The molecule has 1 saturated heterocycles. The Balaban J connectivity index is 1.96. The number of rotatable bonds is 6. The molecule has 122 valence electrons. The normalized spacial score (nSPS) is 16.2. The summed E-state index contributed by atoms with van der Waals surface area (Å²) in [7, 11) is 3.33. The first-order valence-electron chi connectivity index (χ1n) is 7.86. The van der Waals surface area contributed by atoms with Crippen molar-refractivity contribution >= 4 is 5.91 Å².